The highest BCUT2D eigenvalue weighted by Gasteiger charge is 2.10. The Bertz CT molecular complexity index is 459. The van der Waals surface area contributed by atoms with Gasteiger partial charge in [0.05, 0.1) is 31.8 Å². The number of hydrogen-bond acceptors (Lipinski definition) is 3. The molecule has 0 bridgehead atoms. The summed E-state index contributed by atoms with van der Waals surface area (Å²) in [4.78, 5) is 0. The molecule has 1 aromatic heterocycles. The Morgan fingerprint density at radius 3 is 1.82 bits per heavy atom. The minimum Gasteiger partial charge on any atom is -0.237 e. The standard InChI is InChI=1S/C8H15N2.C4HN3/c1-5-10-6-9(4)7(2)8(10)3;5-1-4(2-6)3-7/h6H,5H2,1-4H3;4H/q+1;. The van der Waals surface area contributed by atoms with Crippen LogP contribution in [-0.4, -0.2) is 4.57 Å². The van der Waals surface area contributed by atoms with Crippen molar-refractivity contribution in [3.05, 3.63) is 17.7 Å². The van der Waals surface area contributed by atoms with E-state index in [1.807, 2.05) is 0 Å². The Balaban J connectivity index is 0.000000325. The quantitative estimate of drug-likeness (QED) is 0.678. The Morgan fingerprint density at radius 2 is 1.71 bits per heavy atom. The molecule has 1 aromatic rings. The maximum Gasteiger partial charge on any atom is 0.243 e. The molecule has 1 rings (SSSR count). The SMILES string of the molecule is CC[n+]1cn(C)c(C)c1C.N#CC(C#N)C#N. The van der Waals surface area contributed by atoms with E-state index >= 15 is 0 Å². The van der Waals surface area contributed by atoms with Crippen molar-refractivity contribution in [3.8, 4) is 18.2 Å². The van der Waals surface area contributed by atoms with Crippen molar-refractivity contribution < 1.29 is 4.57 Å². The second-order valence-electron chi connectivity index (χ2n) is 3.50. The summed E-state index contributed by atoms with van der Waals surface area (Å²) in [5, 5.41) is 23.5. The summed E-state index contributed by atoms with van der Waals surface area (Å²) in [7, 11) is 2.08. The van der Waals surface area contributed by atoms with Gasteiger partial charge in [0.2, 0.25) is 12.2 Å². The van der Waals surface area contributed by atoms with E-state index in [4.69, 9.17) is 15.8 Å². The van der Waals surface area contributed by atoms with Crippen molar-refractivity contribution in [1.29, 1.82) is 15.8 Å². The molecule has 17 heavy (non-hydrogen) atoms. The van der Waals surface area contributed by atoms with Crippen molar-refractivity contribution in [3.63, 3.8) is 0 Å². The first-order valence-corrected chi connectivity index (χ1v) is 5.22. The number of hydrogen-bond donors (Lipinski definition) is 0. The van der Waals surface area contributed by atoms with E-state index in [2.05, 4.69) is 43.3 Å². The monoisotopic (exact) mass is 230 g/mol. The van der Waals surface area contributed by atoms with Crippen molar-refractivity contribution in [2.24, 2.45) is 13.0 Å². The second kappa shape index (κ2) is 7.04. The lowest BCUT2D eigenvalue weighted by Gasteiger charge is -1.88. The van der Waals surface area contributed by atoms with E-state index in [-0.39, 0.29) is 0 Å². The Hall–Kier alpha value is -2.32. The van der Waals surface area contributed by atoms with E-state index < -0.39 is 5.92 Å². The zero-order valence-electron chi connectivity index (χ0n) is 10.6. The van der Waals surface area contributed by atoms with Crippen LogP contribution in [0.5, 0.6) is 0 Å². The van der Waals surface area contributed by atoms with Crippen LogP contribution in [0, 0.1) is 53.8 Å². The number of nitrogens with zero attached hydrogens (tertiary/aromatic N) is 5. The minimum atomic E-state index is -1.10. The first-order chi connectivity index (χ1) is 8.01. The van der Waals surface area contributed by atoms with E-state index in [0.29, 0.717) is 0 Å². The van der Waals surface area contributed by atoms with Crippen LogP contribution in [0.25, 0.3) is 0 Å². The third-order valence-corrected chi connectivity index (χ3v) is 2.52. The summed E-state index contributed by atoms with van der Waals surface area (Å²) in [6, 6.07) is 4.44. The highest BCUT2D eigenvalue weighted by atomic mass is 15.1. The minimum absolute atomic E-state index is 1.06. The summed E-state index contributed by atoms with van der Waals surface area (Å²) in [5.74, 6) is -1.10. The molecule has 0 unspecified atom stereocenters. The molecule has 0 N–H and O–H groups in total. The molecule has 0 aliphatic heterocycles. The third kappa shape index (κ3) is 3.97. The highest BCUT2D eigenvalue weighted by Crippen LogP contribution is 1.98. The molecule has 0 aliphatic carbocycles. The zero-order chi connectivity index (χ0) is 13.4. The Morgan fingerprint density at radius 1 is 1.24 bits per heavy atom. The van der Waals surface area contributed by atoms with Gasteiger partial charge in [-0.3, -0.25) is 0 Å². The molecule has 1 heterocycles. The lowest BCUT2D eigenvalue weighted by atomic mass is 10.2. The van der Waals surface area contributed by atoms with Gasteiger partial charge in [-0.25, -0.2) is 9.13 Å². The van der Waals surface area contributed by atoms with Crippen LogP contribution in [0.3, 0.4) is 0 Å². The van der Waals surface area contributed by atoms with Crippen molar-refractivity contribution in [2.45, 2.75) is 27.3 Å². The number of aromatic nitrogens is 2. The van der Waals surface area contributed by atoms with Gasteiger partial charge in [0.1, 0.15) is 11.4 Å². The first-order valence-electron chi connectivity index (χ1n) is 5.22. The Kier molecular flexibility index (Phi) is 6.08. The van der Waals surface area contributed by atoms with E-state index in [1.165, 1.54) is 29.6 Å². The van der Waals surface area contributed by atoms with Crippen LogP contribution in [-0.2, 0) is 13.6 Å². The lowest BCUT2D eigenvalue weighted by Crippen LogP contribution is -2.32. The Labute approximate surface area is 102 Å². The molecule has 88 valence electrons. The van der Waals surface area contributed by atoms with Crippen molar-refractivity contribution in [2.75, 3.05) is 0 Å². The smallest absolute Gasteiger partial charge is 0.237 e. The number of aryl methyl sites for hydroxylation is 2. The molecule has 0 fully saturated rings. The maximum absolute atomic E-state index is 7.83. The van der Waals surface area contributed by atoms with E-state index in [0.717, 1.165) is 6.54 Å². The maximum atomic E-state index is 7.83. The van der Waals surface area contributed by atoms with Crippen LogP contribution in [0.1, 0.15) is 18.3 Å². The fourth-order valence-corrected chi connectivity index (χ4v) is 1.25. The largest absolute Gasteiger partial charge is 0.243 e. The van der Waals surface area contributed by atoms with E-state index in [9.17, 15) is 0 Å². The molecule has 0 radical (unpaired) electrons. The average molecular weight is 230 g/mol. The lowest BCUT2D eigenvalue weighted by molar-refractivity contribution is -0.698. The average Bonchev–Trinajstić information content (AvgIpc) is 2.59. The van der Waals surface area contributed by atoms with Gasteiger partial charge >= 0.3 is 0 Å². The molecular weight excluding hydrogens is 214 g/mol. The zero-order valence-corrected chi connectivity index (χ0v) is 10.6. The topological polar surface area (TPSA) is 80.2 Å². The summed E-state index contributed by atoms with van der Waals surface area (Å²) >= 11 is 0. The molecule has 0 atom stereocenters. The highest BCUT2D eigenvalue weighted by molar-refractivity contribution is 5.11. The van der Waals surface area contributed by atoms with Gasteiger partial charge in [0.25, 0.3) is 0 Å². The second-order valence-corrected chi connectivity index (χ2v) is 3.50. The molecule has 0 saturated heterocycles. The molecule has 5 nitrogen and oxygen atoms in total. The predicted octanol–water partition coefficient (Wildman–Crippen LogP) is 1.12. The van der Waals surface area contributed by atoms with Crippen LogP contribution < -0.4 is 4.57 Å². The van der Waals surface area contributed by atoms with Gasteiger partial charge in [-0.1, -0.05) is 0 Å². The van der Waals surface area contributed by atoms with Crippen LogP contribution in [0.4, 0.5) is 0 Å². The predicted molar refractivity (Wildman–Crippen MR) is 61.1 cm³/mol. The van der Waals surface area contributed by atoms with Crippen molar-refractivity contribution >= 4 is 0 Å². The fraction of sp³-hybridized carbons (Fsp3) is 0.500. The van der Waals surface area contributed by atoms with Gasteiger partial charge in [0, 0.05) is 13.8 Å². The summed E-state index contributed by atoms with van der Waals surface area (Å²) in [6.45, 7) is 7.51. The fourth-order valence-electron chi connectivity index (χ4n) is 1.25. The summed E-state index contributed by atoms with van der Waals surface area (Å²) < 4.78 is 4.40. The number of nitriles is 3. The van der Waals surface area contributed by atoms with Gasteiger partial charge in [-0.2, -0.15) is 15.8 Å². The molecular formula is C12H16N5+. The third-order valence-electron chi connectivity index (χ3n) is 2.52. The molecule has 0 saturated carbocycles. The van der Waals surface area contributed by atoms with Gasteiger partial charge < -0.3 is 0 Å². The van der Waals surface area contributed by atoms with Gasteiger partial charge in [-0.05, 0) is 6.92 Å². The summed E-state index contributed by atoms with van der Waals surface area (Å²) in [6.07, 6.45) is 2.13. The molecule has 0 aromatic carbocycles. The molecule has 0 amide bonds. The number of rotatable bonds is 1. The normalized spacial score (nSPS) is 8.59. The first kappa shape index (κ1) is 14.7. The van der Waals surface area contributed by atoms with Crippen LogP contribution >= 0.6 is 0 Å². The molecule has 0 aliphatic rings. The van der Waals surface area contributed by atoms with Crippen LogP contribution in [0.15, 0.2) is 6.33 Å². The molecule has 5 heteroatoms. The van der Waals surface area contributed by atoms with Gasteiger partial charge in [0.15, 0.2) is 0 Å². The van der Waals surface area contributed by atoms with E-state index in [1.54, 1.807) is 0 Å². The van der Waals surface area contributed by atoms with Crippen molar-refractivity contribution in [1.82, 2.24) is 4.57 Å². The molecule has 0 spiro atoms. The number of imidazole rings is 1. The summed E-state index contributed by atoms with van der Waals surface area (Å²) in [5.41, 5.74) is 2.71. The van der Waals surface area contributed by atoms with Crippen LogP contribution in [0.2, 0.25) is 0 Å². The van der Waals surface area contributed by atoms with Gasteiger partial charge in [-0.15, -0.1) is 0 Å².